The van der Waals surface area contributed by atoms with Gasteiger partial charge in [0.25, 0.3) is 5.19 Å². The predicted molar refractivity (Wildman–Crippen MR) is 125 cm³/mol. The first kappa shape index (κ1) is 22.7. The van der Waals surface area contributed by atoms with E-state index in [1.165, 1.54) is 29.7 Å². The Morgan fingerprint density at radius 2 is 1.97 bits per heavy atom. The Morgan fingerprint density at radius 1 is 1.19 bits per heavy atom. The van der Waals surface area contributed by atoms with Crippen molar-refractivity contribution in [3.05, 3.63) is 36.4 Å². The minimum absolute atomic E-state index is 0.0119. The molecule has 2 aromatic heterocycles. The number of carbonyl (C=O) groups excluding carboxylic acids is 1. The number of thiazole rings is 1. The number of ether oxygens (including phenoxy) is 2. The van der Waals surface area contributed by atoms with Gasteiger partial charge in [0.15, 0.2) is 0 Å². The van der Waals surface area contributed by atoms with Crippen molar-refractivity contribution < 1.29 is 14.3 Å². The van der Waals surface area contributed by atoms with Gasteiger partial charge in [-0.1, -0.05) is 69.8 Å². The monoisotopic (exact) mass is 456 g/mol. The van der Waals surface area contributed by atoms with E-state index in [0.717, 1.165) is 48.7 Å². The van der Waals surface area contributed by atoms with Gasteiger partial charge in [0.05, 0.1) is 22.2 Å². The first-order valence-corrected chi connectivity index (χ1v) is 12.5. The number of nitrogens with zero attached hydrogens (tertiary/aromatic N) is 4. The highest BCUT2D eigenvalue weighted by atomic mass is 32.1. The molecule has 0 saturated heterocycles. The van der Waals surface area contributed by atoms with Gasteiger partial charge in [0, 0.05) is 0 Å². The molecule has 0 radical (unpaired) electrons. The van der Waals surface area contributed by atoms with Crippen molar-refractivity contribution >= 4 is 27.5 Å². The van der Waals surface area contributed by atoms with Crippen LogP contribution in [0.4, 0.5) is 0 Å². The maximum absolute atomic E-state index is 12.3. The van der Waals surface area contributed by atoms with Gasteiger partial charge in [0.1, 0.15) is 12.7 Å². The van der Waals surface area contributed by atoms with E-state index in [1.807, 2.05) is 10.7 Å². The molecule has 1 saturated carbocycles. The minimum Gasteiger partial charge on any atom is -0.432 e. The van der Waals surface area contributed by atoms with Crippen LogP contribution in [0.3, 0.4) is 0 Å². The summed E-state index contributed by atoms with van der Waals surface area (Å²) in [5.74, 6) is 0.329. The summed E-state index contributed by atoms with van der Waals surface area (Å²) in [4.78, 5) is 21.0. The molecule has 7 nitrogen and oxygen atoms in total. The molecule has 1 aliphatic rings. The van der Waals surface area contributed by atoms with Gasteiger partial charge in [-0.2, -0.15) is 5.10 Å². The van der Waals surface area contributed by atoms with Gasteiger partial charge in [-0.25, -0.2) is 14.6 Å². The van der Waals surface area contributed by atoms with Gasteiger partial charge < -0.3 is 9.47 Å². The average molecular weight is 457 g/mol. The van der Waals surface area contributed by atoms with Crippen LogP contribution in [-0.2, 0) is 9.53 Å². The number of rotatable bonds is 9. The van der Waals surface area contributed by atoms with E-state index in [1.54, 1.807) is 12.7 Å². The van der Waals surface area contributed by atoms with Crippen LogP contribution in [0.15, 0.2) is 30.9 Å². The maximum atomic E-state index is 12.3. The van der Waals surface area contributed by atoms with Crippen molar-refractivity contribution in [1.82, 2.24) is 19.7 Å². The van der Waals surface area contributed by atoms with E-state index >= 15 is 0 Å². The summed E-state index contributed by atoms with van der Waals surface area (Å²) in [6.07, 6.45) is 12.0. The topological polar surface area (TPSA) is 79.1 Å². The summed E-state index contributed by atoms with van der Waals surface area (Å²) < 4.78 is 14.1. The van der Waals surface area contributed by atoms with Crippen molar-refractivity contribution in [2.75, 3.05) is 6.79 Å². The second-order valence-corrected chi connectivity index (χ2v) is 9.51. The maximum Gasteiger partial charge on any atom is 0.311 e. The zero-order chi connectivity index (χ0) is 22.3. The summed E-state index contributed by atoms with van der Waals surface area (Å²) >= 11 is 1.47. The van der Waals surface area contributed by atoms with E-state index < -0.39 is 0 Å². The standard InChI is InChI=1S/C24H32N4O3S/c1-3-17(4-2)22(28-15-25-14-26-28)19-11-12-20-21(13-19)32-24(27-20)31-16-30-23(29)18-9-7-5-6-8-10-18/h11-15,17-18,22H,3-10,16H2,1-2H3. The van der Waals surface area contributed by atoms with E-state index in [-0.39, 0.29) is 24.7 Å². The Morgan fingerprint density at radius 3 is 2.66 bits per heavy atom. The number of esters is 1. The van der Waals surface area contributed by atoms with E-state index in [2.05, 4.69) is 41.0 Å². The quantitative estimate of drug-likeness (QED) is 0.231. The van der Waals surface area contributed by atoms with Gasteiger partial charge in [-0.15, -0.1) is 0 Å². The molecule has 0 bridgehead atoms. The van der Waals surface area contributed by atoms with Crippen molar-refractivity contribution in [3.8, 4) is 5.19 Å². The molecule has 8 heteroatoms. The summed E-state index contributed by atoms with van der Waals surface area (Å²) in [7, 11) is 0. The fourth-order valence-electron chi connectivity index (χ4n) is 4.67. The Balaban J connectivity index is 1.43. The van der Waals surface area contributed by atoms with Crippen LogP contribution < -0.4 is 4.74 Å². The number of carbonyl (C=O) groups is 1. The Labute approximate surface area is 193 Å². The van der Waals surface area contributed by atoms with E-state index in [9.17, 15) is 4.79 Å². The van der Waals surface area contributed by atoms with Gasteiger partial charge in [0.2, 0.25) is 6.79 Å². The molecular weight excluding hydrogens is 424 g/mol. The molecule has 1 aromatic carbocycles. The van der Waals surface area contributed by atoms with Crippen molar-refractivity contribution in [3.63, 3.8) is 0 Å². The first-order chi connectivity index (χ1) is 15.7. The highest BCUT2D eigenvalue weighted by Crippen LogP contribution is 2.35. The van der Waals surface area contributed by atoms with Crippen molar-refractivity contribution in [1.29, 1.82) is 0 Å². The third-order valence-electron chi connectivity index (χ3n) is 6.52. The van der Waals surface area contributed by atoms with E-state index in [4.69, 9.17) is 9.47 Å². The number of hydrogen-bond donors (Lipinski definition) is 0. The molecule has 2 heterocycles. The van der Waals surface area contributed by atoms with Crippen LogP contribution in [0.1, 0.15) is 76.8 Å². The molecule has 172 valence electrons. The molecule has 4 rings (SSSR count). The SMILES string of the molecule is CCC(CC)C(c1ccc2nc(OCOC(=O)C3CCCCCC3)sc2c1)n1cncn1. The molecule has 1 fully saturated rings. The lowest BCUT2D eigenvalue weighted by Crippen LogP contribution is -2.20. The highest BCUT2D eigenvalue weighted by Gasteiger charge is 2.24. The molecule has 0 N–H and O–H groups in total. The van der Waals surface area contributed by atoms with Crippen LogP contribution >= 0.6 is 11.3 Å². The summed E-state index contributed by atoms with van der Waals surface area (Å²) in [5, 5.41) is 4.94. The molecule has 1 unspecified atom stereocenters. The number of fused-ring (bicyclic) bond motifs is 1. The summed E-state index contributed by atoms with van der Waals surface area (Å²) in [6, 6.07) is 6.44. The molecule has 1 aliphatic carbocycles. The summed E-state index contributed by atoms with van der Waals surface area (Å²) in [5.41, 5.74) is 2.07. The smallest absolute Gasteiger partial charge is 0.311 e. The molecule has 1 atom stereocenters. The fraction of sp³-hybridized carbons (Fsp3) is 0.583. The number of benzene rings is 1. The van der Waals surface area contributed by atoms with Crippen molar-refractivity contribution in [2.45, 2.75) is 71.3 Å². The Bertz CT molecular complexity index is 992. The van der Waals surface area contributed by atoms with Crippen LogP contribution in [-0.4, -0.2) is 32.5 Å². The first-order valence-electron chi connectivity index (χ1n) is 11.7. The molecule has 32 heavy (non-hydrogen) atoms. The average Bonchev–Trinajstić information content (AvgIpc) is 3.39. The third-order valence-corrected chi connectivity index (χ3v) is 7.45. The van der Waals surface area contributed by atoms with Gasteiger partial charge in [-0.05, 0) is 36.5 Å². The van der Waals surface area contributed by atoms with Crippen LogP contribution in [0.25, 0.3) is 10.2 Å². The van der Waals surface area contributed by atoms with Crippen LogP contribution in [0.2, 0.25) is 0 Å². The predicted octanol–water partition coefficient (Wildman–Crippen LogP) is 5.76. The molecular formula is C24H32N4O3S. The lowest BCUT2D eigenvalue weighted by atomic mass is 9.89. The molecule has 0 amide bonds. The largest absolute Gasteiger partial charge is 0.432 e. The van der Waals surface area contributed by atoms with Crippen LogP contribution in [0.5, 0.6) is 5.19 Å². The Hall–Kier alpha value is -2.48. The molecule has 0 aliphatic heterocycles. The fourth-order valence-corrected chi connectivity index (χ4v) is 5.53. The summed E-state index contributed by atoms with van der Waals surface area (Å²) in [6.45, 7) is 4.34. The normalized spacial score (nSPS) is 16.2. The number of hydrogen-bond acceptors (Lipinski definition) is 7. The number of aromatic nitrogens is 4. The lowest BCUT2D eigenvalue weighted by molar-refractivity contribution is -0.155. The molecule has 3 aromatic rings. The second-order valence-electron chi connectivity index (χ2n) is 8.52. The second kappa shape index (κ2) is 10.9. The third kappa shape index (κ3) is 5.28. The zero-order valence-corrected chi connectivity index (χ0v) is 19.7. The van der Waals surface area contributed by atoms with Gasteiger partial charge in [-0.3, -0.25) is 4.79 Å². The zero-order valence-electron chi connectivity index (χ0n) is 18.9. The van der Waals surface area contributed by atoms with Gasteiger partial charge >= 0.3 is 5.97 Å². The van der Waals surface area contributed by atoms with E-state index in [0.29, 0.717) is 11.1 Å². The minimum atomic E-state index is -0.142. The highest BCUT2D eigenvalue weighted by molar-refractivity contribution is 7.20. The molecule has 0 spiro atoms. The Kier molecular flexibility index (Phi) is 7.73. The van der Waals surface area contributed by atoms with Crippen molar-refractivity contribution in [2.24, 2.45) is 11.8 Å². The van der Waals surface area contributed by atoms with Crippen LogP contribution in [0, 0.1) is 11.8 Å². The lowest BCUT2D eigenvalue weighted by Gasteiger charge is -2.25.